The highest BCUT2D eigenvalue weighted by Gasteiger charge is 2.14. The molecule has 0 aliphatic carbocycles. The van der Waals surface area contributed by atoms with Crippen molar-refractivity contribution in [1.29, 1.82) is 0 Å². The number of benzene rings is 2. The number of hydrogen-bond donors (Lipinski definition) is 0. The lowest BCUT2D eigenvalue weighted by molar-refractivity contribution is 1.31. The van der Waals surface area contributed by atoms with Gasteiger partial charge in [0, 0.05) is 16.0 Å². The second kappa shape index (κ2) is 6.00. The lowest BCUT2D eigenvalue weighted by atomic mass is 10.0. The fraction of sp³-hybridized carbons (Fsp3) is 0.167. The van der Waals surface area contributed by atoms with Crippen molar-refractivity contribution in [2.24, 2.45) is 0 Å². The summed E-state index contributed by atoms with van der Waals surface area (Å²) in [6, 6.07) is 16.7. The fourth-order valence-corrected chi connectivity index (χ4v) is 3.49. The molecule has 0 bridgehead atoms. The Morgan fingerprint density at radius 2 is 1.71 bits per heavy atom. The molecule has 3 rings (SSSR count). The van der Waals surface area contributed by atoms with Gasteiger partial charge in [-0.3, -0.25) is 0 Å². The molecule has 1 nitrogen and oxygen atoms in total. The number of thiazole rings is 1. The predicted molar refractivity (Wildman–Crippen MR) is 92.0 cm³/mol. The van der Waals surface area contributed by atoms with E-state index in [0.717, 1.165) is 26.7 Å². The van der Waals surface area contributed by atoms with Crippen molar-refractivity contribution in [2.75, 3.05) is 0 Å². The predicted octanol–water partition coefficient (Wildman–Crippen LogP) is 5.83. The molecule has 0 radical (unpaired) electrons. The van der Waals surface area contributed by atoms with E-state index in [1.807, 2.05) is 18.2 Å². The van der Waals surface area contributed by atoms with Crippen LogP contribution in [0.1, 0.15) is 16.0 Å². The number of aromatic nitrogens is 1. The van der Waals surface area contributed by atoms with Gasteiger partial charge in [0.05, 0.1) is 11.6 Å². The lowest BCUT2D eigenvalue weighted by Crippen LogP contribution is -1.86. The molecule has 0 unspecified atom stereocenters. The molecule has 0 N–H and O–H groups in total. The van der Waals surface area contributed by atoms with Gasteiger partial charge < -0.3 is 0 Å². The monoisotopic (exact) mass is 313 g/mol. The normalized spacial score (nSPS) is 10.8. The third-order valence-corrected chi connectivity index (χ3v) is 5.15. The van der Waals surface area contributed by atoms with Crippen LogP contribution in [0.25, 0.3) is 21.8 Å². The van der Waals surface area contributed by atoms with Crippen molar-refractivity contribution < 1.29 is 0 Å². The second-order valence-electron chi connectivity index (χ2n) is 5.09. The number of rotatable bonds is 3. The Kier molecular flexibility index (Phi) is 4.09. The van der Waals surface area contributed by atoms with Gasteiger partial charge >= 0.3 is 0 Å². The van der Waals surface area contributed by atoms with Crippen LogP contribution in [0.3, 0.4) is 0 Å². The summed E-state index contributed by atoms with van der Waals surface area (Å²) in [4.78, 5) is 5.95. The number of nitrogens with zero attached hydrogens (tertiary/aromatic N) is 1. The minimum atomic E-state index is 0.493. The molecule has 0 aliphatic rings. The molecule has 0 saturated carbocycles. The minimum absolute atomic E-state index is 0.493. The third-order valence-electron chi connectivity index (χ3n) is 3.62. The zero-order valence-corrected chi connectivity index (χ0v) is 13.6. The summed E-state index contributed by atoms with van der Waals surface area (Å²) in [5.41, 5.74) is 5.88. The summed E-state index contributed by atoms with van der Waals surface area (Å²) < 4.78 is 0. The summed E-state index contributed by atoms with van der Waals surface area (Å²) in [7, 11) is 0. The molecule has 3 aromatic rings. The molecule has 3 heteroatoms. The average molecular weight is 314 g/mol. The maximum atomic E-state index is 6.12. The number of alkyl halides is 1. The number of hydrogen-bond acceptors (Lipinski definition) is 2. The molecular formula is C18H16ClNS. The number of aryl methyl sites for hydroxylation is 2. The van der Waals surface area contributed by atoms with Crippen LogP contribution in [-0.4, -0.2) is 4.98 Å². The Labute approximate surface area is 134 Å². The van der Waals surface area contributed by atoms with Crippen LogP contribution in [0.5, 0.6) is 0 Å². The van der Waals surface area contributed by atoms with E-state index in [4.69, 9.17) is 16.6 Å². The van der Waals surface area contributed by atoms with Crippen molar-refractivity contribution >= 4 is 22.9 Å². The topological polar surface area (TPSA) is 12.9 Å². The average Bonchev–Trinajstić information content (AvgIpc) is 2.95. The highest BCUT2D eigenvalue weighted by Crippen LogP contribution is 2.35. The van der Waals surface area contributed by atoms with Gasteiger partial charge in [0.1, 0.15) is 5.01 Å². The molecule has 0 saturated heterocycles. The summed E-state index contributed by atoms with van der Waals surface area (Å²) in [6.07, 6.45) is 0. The third kappa shape index (κ3) is 2.87. The van der Waals surface area contributed by atoms with Crippen molar-refractivity contribution in [3.63, 3.8) is 0 Å². The molecule has 1 aromatic heterocycles. The van der Waals surface area contributed by atoms with Gasteiger partial charge in [-0.1, -0.05) is 42.5 Å². The molecule has 0 atom stereocenters. The van der Waals surface area contributed by atoms with Crippen LogP contribution in [0.4, 0.5) is 0 Å². The minimum Gasteiger partial charge on any atom is -0.236 e. The van der Waals surface area contributed by atoms with E-state index in [9.17, 15) is 0 Å². The Balaban J connectivity index is 2.10. The Hall–Kier alpha value is -1.64. The van der Waals surface area contributed by atoms with Crippen LogP contribution >= 0.6 is 22.9 Å². The van der Waals surface area contributed by atoms with Gasteiger partial charge in [0.25, 0.3) is 0 Å². The molecule has 0 aliphatic heterocycles. The van der Waals surface area contributed by atoms with E-state index in [2.05, 4.69) is 44.2 Å². The molecular weight excluding hydrogens is 298 g/mol. The largest absolute Gasteiger partial charge is 0.236 e. The number of halogens is 1. The first-order chi connectivity index (χ1) is 10.2. The highest BCUT2D eigenvalue weighted by molar-refractivity contribution is 7.15. The summed E-state index contributed by atoms with van der Waals surface area (Å²) >= 11 is 7.80. The van der Waals surface area contributed by atoms with Crippen molar-refractivity contribution in [3.05, 3.63) is 64.5 Å². The molecule has 106 valence electrons. The first kappa shape index (κ1) is 14.3. The van der Waals surface area contributed by atoms with Gasteiger partial charge in [-0.2, -0.15) is 0 Å². The maximum absolute atomic E-state index is 6.12. The summed E-state index contributed by atoms with van der Waals surface area (Å²) in [6.45, 7) is 4.25. The standard InChI is InChI=1S/C18H16ClNS/c1-12-8-9-15(10-13(12)2)17-16(11-19)21-18(20-17)14-6-4-3-5-7-14/h3-10H,11H2,1-2H3. The van der Waals surface area contributed by atoms with Crippen molar-refractivity contribution in [2.45, 2.75) is 19.7 Å². The lowest BCUT2D eigenvalue weighted by Gasteiger charge is -2.04. The van der Waals surface area contributed by atoms with Gasteiger partial charge in [-0.25, -0.2) is 4.98 Å². The molecule has 21 heavy (non-hydrogen) atoms. The molecule has 2 aromatic carbocycles. The van der Waals surface area contributed by atoms with E-state index >= 15 is 0 Å². The zero-order chi connectivity index (χ0) is 14.8. The quantitative estimate of drug-likeness (QED) is 0.554. The second-order valence-corrected chi connectivity index (χ2v) is 6.44. The smallest absolute Gasteiger partial charge is 0.124 e. The van der Waals surface area contributed by atoms with Gasteiger partial charge in [0.15, 0.2) is 0 Å². The van der Waals surface area contributed by atoms with Crippen molar-refractivity contribution in [1.82, 2.24) is 4.98 Å². The molecule has 0 amide bonds. The maximum Gasteiger partial charge on any atom is 0.124 e. The Morgan fingerprint density at radius 3 is 2.38 bits per heavy atom. The SMILES string of the molecule is Cc1ccc(-c2nc(-c3ccccc3)sc2CCl)cc1C. The van der Waals surface area contributed by atoms with Gasteiger partial charge in [-0.05, 0) is 31.0 Å². The van der Waals surface area contributed by atoms with E-state index < -0.39 is 0 Å². The Bertz CT molecular complexity index is 762. The summed E-state index contributed by atoms with van der Waals surface area (Å²) in [5, 5.41) is 1.03. The van der Waals surface area contributed by atoms with Crippen LogP contribution in [0.2, 0.25) is 0 Å². The van der Waals surface area contributed by atoms with Gasteiger partial charge in [-0.15, -0.1) is 22.9 Å². The first-order valence-electron chi connectivity index (χ1n) is 6.87. The first-order valence-corrected chi connectivity index (χ1v) is 8.23. The van der Waals surface area contributed by atoms with Crippen LogP contribution < -0.4 is 0 Å². The van der Waals surface area contributed by atoms with Crippen molar-refractivity contribution in [3.8, 4) is 21.8 Å². The van der Waals surface area contributed by atoms with Crippen LogP contribution in [0.15, 0.2) is 48.5 Å². The zero-order valence-electron chi connectivity index (χ0n) is 12.1. The van der Waals surface area contributed by atoms with Crippen LogP contribution in [0, 0.1) is 13.8 Å². The highest BCUT2D eigenvalue weighted by atomic mass is 35.5. The van der Waals surface area contributed by atoms with E-state index in [1.165, 1.54) is 11.1 Å². The van der Waals surface area contributed by atoms with E-state index in [0.29, 0.717) is 5.88 Å². The molecule has 1 heterocycles. The van der Waals surface area contributed by atoms with E-state index in [1.54, 1.807) is 11.3 Å². The summed E-state index contributed by atoms with van der Waals surface area (Å²) in [5.74, 6) is 0.493. The van der Waals surface area contributed by atoms with Gasteiger partial charge in [0.2, 0.25) is 0 Å². The molecule has 0 spiro atoms. The van der Waals surface area contributed by atoms with E-state index in [-0.39, 0.29) is 0 Å². The Morgan fingerprint density at radius 1 is 0.952 bits per heavy atom. The van der Waals surface area contributed by atoms with Crippen LogP contribution in [-0.2, 0) is 5.88 Å². The fourth-order valence-electron chi connectivity index (χ4n) is 2.26. The molecule has 0 fully saturated rings.